The summed E-state index contributed by atoms with van der Waals surface area (Å²) in [6, 6.07) is 6.32. The van der Waals surface area contributed by atoms with Crippen molar-refractivity contribution in [1.29, 1.82) is 5.26 Å². The maximum Gasteiger partial charge on any atom is 0.287 e. The maximum absolute atomic E-state index is 10.7. The summed E-state index contributed by atoms with van der Waals surface area (Å²) in [5.74, 6) is 0. The summed E-state index contributed by atoms with van der Waals surface area (Å²) in [4.78, 5) is 10.1. The summed E-state index contributed by atoms with van der Waals surface area (Å²) in [5, 5.41) is 22.3. The standard InChI is InChI=1S/C11H11N3O2/c1-13-6-2-3-9-4-5-10(8-12)11(7-9)14(15)16/h2-5,7,13H,6H2,1H3. The summed E-state index contributed by atoms with van der Waals surface area (Å²) in [5.41, 5.74) is 0.630. The molecular weight excluding hydrogens is 206 g/mol. The van der Waals surface area contributed by atoms with E-state index in [-0.39, 0.29) is 11.3 Å². The summed E-state index contributed by atoms with van der Waals surface area (Å²) in [7, 11) is 1.81. The highest BCUT2D eigenvalue weighted by Gasteiger charge is 2.12. The number of benzene rings is 1. The van der Waals surface area contributed by atoms with Crippen LogP contribution in [0.25, 0.3) is 6.08 Å². The largest absolute Gasteiger partial charge is 0.316 e. The van der Waals surface area contributed by atoms with Gasteiger partial charge in [0.25, 0.3) is 5.69 Å². The zero-order valence-electron chi connectivity index (χ0n) is 8.80. The lowest BCUT2D eigenvalue weighted by molar-refractivity contribution is -0.385. The number of nitro benzene ring substituents is 1. The third-order valence-corrected chi connectivity index (χ3v) is 1.97. The van der Waals surface area contributed by atoms with E-state index in [1.165, 1.54) is 12.1 Å². The minimum Gasteiger partial charge on any atom is -0.316 e. The molecule has 1 aromatic carbocycles. The van der Waals surface area contributed by atoms with Crippen LogP contribution in [0.5, 0.6) is 0 Å². The molecule has 5 nitrogen and oxygen atoms in total. The molecule has 0 unspecified atom stereocenters. The van der Waals surface area contributed by atoms with Crippen LogP contribution in [0.4, 0.5) is 5.69 Å². The Morgan fingerprint density at radius 3 is 2.94 bits per heavy atom. The molecule has 16 heavy (non-hydrogen) atoms. The third kappa shape index (κ3) is 2.90. The molecule has 0 aliphatic rings. The minimum atomic E-state index is -0.548. The lowest BCUT2D eigenvalue weighted by atomic mass is 10.1. The molecule has 0 saturated carbocycles. The van der Waals surface area contributed by atoms with Crippen molar-refractivity contribution in [3.05, 3.63) is 45.5 Å². The van der Waals surface area contributed by atoms with Crippen LogP contribution in [0.3, 0.4) is 0 Å². The van der Waals surface area contributed by atoms with E-state index in [1.807, 2.05) is 13.1 Å². The first-order valence-electron chi connectivity index (χ1n) is 4.68. The summed E-state index contributed by atoms with van der Waals surface area (Å²) >= 11 is 0. The van der Waals surface area contributed by atoms with Crippen molar-refractivity contribution in [3.63, 3.8) is 0 Å². The van der Waals surface area contributed by atoms with Crippen LogP contribution in [0.1, 0.15) is 11.1 Å². The molecule has 0 bridgehead atoms. The molecule has 5 heteroatoms. The molecule has 1 rings (SSSR count). The molecular formula is C11H11N3O2. The van der Waals surface area contributed by atoms with Gasteiger partial charge in [0.15, 0.2) is 0 Å². The van der Waals surface area contributed by atoms with Gasteiger partial charge in [-0.1, -0.05) is 18.2 Å². The Hall–Kier alpha value is -2.19. The van der Waals surface area contributed by atoms with E-state index in [1.54, 1.807) is 18.2 Å². The lowest BCUT2D eigenvalue weighted by Gasteiger charge is -1.97. The molecule has 0 aliphatic heterocycles. The normalized spacial score (nSPS) is 10.2. The lowest BCUT2D eigenvalue weighted by Crippen LogP contribution is -2.03. The number of nitro groups is 1. The van der Waals surface area contributed by atoms with Crippen molar-refractivity contribution in [2.24, 2.45) is 0 Å². The van der Waals surface area contributed by atoms with Crippen LogP contribution in [-0.2, 0) is 0 Å². The summed E-state index contributed by atoms with van der Waals surface area (Å²) < 4.78 is 0. The average molecular weight is 217 g/mol. The van der Waals surface area contributed by atoms with Crippen molar-refractivity contribution in [1.82, 2.24) is 5.32 Å². The van der Waals surface area contributed by atoms with E-state index in [9.17, 15) is 10.1 Å². The van der Waals surface area contributed by atoms with Gasteiger partial charge in [-0.3, -0.25) is 10.1 Å². The minimum absolute atomic E-state index is 0.0794. The van der Waals surface area contributed by atoms with E-state index in [0.29, 0.717) is 12.1 Å². The number of rotatable bonds is 4. The first-order chi connectivity index (χ1) is 7.69. The Kier molecular flexibility index (Phi) is 4.18. The summed E-state index contributed by atoms with van der Waals surface area (Å²) in [6.45, 7) is 0.688. The van der Waals surface area contributed by atoms with E-state index >= 15 is 0 Å². The van der Waals surface area contributed by atoms with Crippen molar-refractivity contribution in [2.75, 3.05) is 13.6 Å². The number of hydrogen-bond donors (Lipinski definition) is 1. The van der Waals surface area contributed by atoms with Gasteiger partial charge in [-0.05, 0) is 18.7 Å². The van der Waals surface area contributed by atoms with Gasteiger partial charge in [0.05, 0.1) is 4.92 Å². The second-order valence-electron chi connectivity index (χ2n) is 3.11. The van der Waals surface area contributed by atoms with Crippen LogP contribution in [0, 0.1) is 21.4 Å². The fraction of sp³-hybridized carbons (Fsp3) is 0.182. The van der Waals surface area contributed by atoms with Crippen molar-refractivity contribution < 1.29 is 4.92 Å². The Bertz CT molecular complexity index is 461. The zero-order valence-corrected chi connectivity index (χ0v) is 8.80. The molecule has 1 N–H and O–H groups in total. The molecule has 0 spiro atoms. The molecule has 0 aromatic heterocycles. The first kappa shape index (κ1) is 11.9. The van der Waals surface area contributed by atoms with Crippen molar-refractivity contribution in [3.8, 4) is 6.07 Å². The van der Waals surface area contributed by atoms with Crippen molar-refractivity contribution >= 4 is 11.8 Å². The van der Waals surface area contributed by atoms with E-state index in [0.717, 1.165) is 0 Å². The van der Waals surface area contributed by atoms with Gasteiger partial charge in [-0.25, -0.2) is 0 Å². The molecule has 0 atom stereocenters. The summed E-state index contributed by atoms with van der Waals surface area (Å²) in [6.07, 6.45) is 3.62. The van der Waals surface area contributed by atoms with Crippen molar-refractivity contribution in [2.45, 2.75) is 0 Å². The van der Waals surface area contributed by atoms with Crippen LogP contribution in [-0.4, -0.2) is 18.5 Å². The number of hydrogen-bond acceptors (Lipinski definition) is 4. The molecule has 0 radical (unpaired) electrons. The Morgan fingerprint density at radius 2 is 2.38 bits per heavy atom. The van der Waals surface area contributed by atoms with Crippen LogP contribution >= 0.6 is 0 Å². The molecule has 82 valence electrons. The van der Waals surface area contributed by atoms with Crippen LogP contribution in [0.2, 0.25) is 0 Å². The number of nitrogens with zero attached hydrogens (tertiary/aromatic N) is 2. The number of nitrogens with one attached hydrogen (secondary N) is 1. The monoisotopic (exact) mass is 217 g/mol. The highest BCUT2D eigenvalue weighted by molar-refractivity contribution is 5.59. The van der Waals surface area contributed by atoms with E-state index in [2.05, 4.69) is 5.32 Å². The van der Waals surface area contributed by atoms with Gasteiger partial charge in [-0.2, -0.15) is 5.26 Å². The topological polar surface area (TPSA) is 79.0 Å². The SMILES string of the molecule is CNCC=Cc1ccc(C#N)c([N+](=O)[O-])c1. The van der Waals surface area contributed by atoms with Gasteiger partial charge in [0, 0.05) is 12.6 Å². The Labute approximate surface area is 93.2 Å². The second-order valence-corrected chi connectivity index (χ2v) is 3.11. The molecule has 0 fully saturated rings. The molecule has 0 saturated heterocycles. The molecule has 0 aliphatic carbocycles. The average Bonchev–Trinajstić information content (AvgIpc) is 2.29. The molecule has 1 aromatic rings. The van der Waals surface area contributed by atoms with Crippen LogP contribution < -0.4 is 5.32 Å². The fourth-order valence-corrected chi connectivity index (χ4v) is 1.21. The van der Waals surface area contributed by atoms with Gasteiger partial charge >= 0.3 is 0 Å². The number of likely N-dealkylation sites (N-methyl/N-ethyl adjacent to an activating group) is 1. The second kappa shape index (κ2) is 5.63. The van der Waals surface area contributed by atoms with Crippen LogP contribution in [0.15, 0.2) is 24.3 Å². The van der Waals surface area contributed by atoms with E-state index in [4.69, 9.17) is 5.26 Å². The Balaban J connectivity index is 3.04. The fourth-order valence-electron chi connectivity index (χ4n) is 1.21. The van der Waals surface area contributed by atoms with Gasteiger partial charge in [0.1, 0.15) is 11.6 Å². The quantitative estimate of drug-likeness (QED) is 0.615. The third-order valence-electron chi connectivity index (χ3n) is 1.97. The van der Waals surface area contributed by atoms with Gasteiger partial charge < -0.3 is 5.32 Å². The predicted molar refractivity (Wildman–Crippen MR) is 60.8 cm³/mol. The highest BCUT2D eigenvalue weighted by atomic mass is 16.6. The Morgan fingerprint density at radius 1 is 1.62 bits per heavy atom. The predicted octanol–water partition coefficient (Wildman–Crippen LogP) is 1.70. The first-order valence-corrected chi connectivity index (χ1v) is 4.68. The zero-order chi connectivity index (χ0) is 12.0. The van der Waals surface area contributed by atoms with Gasteiger partial charge in [-0.15, -0.1) is 0 Å². The molecule has 0 heterocycles. The van der Waals surface area contributed by atoms with E-state index < -0.39 is 4.92 Å². The van der Waals surface area contributed by atoms with Gasteiger partial charge in [0.2, 0.25) is 0 Å². The highest BCUT2D eigenvalue weighted by Crippen LogP contribution is 2.20. The number of nitriles is 1. The smallest absolute Gasteiger partial charge is 0.287 e. The molecule has 0 amide bonds. The maximum atomic E-state index is 10.7.